The van der Waals surface area contributed by atoms with E-state index in [1.54, 1.807) is 6.08 Å². The lowest BCUT2D eigenvalue weighted by atomic mass is 10.4. The van der Waals surface area contributed by atoms with Gasteiger partial charge in [-0.15, -0.1) is 6.42 Å². The third-order valence-corrected chi connectivity index (χ3v) is 0.675. The van der Waals surface area contributed by atoms with Crippen molar-refractivity contribution in [2.75, 3.05) is 0 Å². The third kappa shape index (κ3) is 5.04. The number of terminal acetylenes is 1. The molecule has 0 heterocycles. The molecule has 0 aromatic rings. The lowest BCUT2D eigenvalue weighted by Gasteiger charge is -1.70. The zero-order valence-electron chi connectivity index (χ0n) is 5.09. The molecule has 0 rings (SSSR count). The standard InChI is InChI=1S/C8H10/c1-3-5-7-8-6-4-2/h1,5-8H,4H2,2H3. The quantitative estimate of drug-likeness (QED) is 0.373. The molecular weight excluding hydrogens is 96.1 g/mol. The second-order valence-electron chi connectivity index (χ2n) is 1.36. The highest BCUT2D eigenvalue weighted by molar-refractivity contribution is 5.15. The summed E-state index contributed by atoms with van der Waals surface area (Å²) in [6.45, 7) is 2.08. The van der Waals surface area contributed by atoms with Crippen molar-refractivity contribution < 1.29 is 0 Å². The molecule has 0 aliphatic rings. The zero-order chi connectivity index (χ0) is 6.24. The Morgan fingerprint density at radius 2 is 2.25 bits per heavy atom. The molecule has 0 amide bonds. The molecule has 0 fully saturated rings. The molecule has 0 saturated carbocycles. The van der Waals surface area contributed by atoms with Gasteiger partial charge < -0.3 is 0 Å². The first-order valence-electron chi connectivity index (χ1n) is 2.69. The molecule has 8 heavy (non-hydrogen) atoms. The van der Waals surface area contributed by atoms with Crippen LogP contribution in [-0.4, -0.2) is 0 Å². The highest BCUT2D eigenvalue weighted by Crippen LogP contribution is 1.79. The predicted octanol–water partition coefficient (Wildman–Crippen LogP) is 2.14. The van der Waals surface area contributed by atoms with E-state index in [0.717, 1.165) is 6.42 Å². The van der Waals surface area contributed by atoms with Crippen LogP contribution in [0.5, 0.6) is 0 Å². The van der Waals surface area contributed by atoms with Gasteiger partial charge in [-0.25, -0.2) is 0 Å². The monoisotopic (exact) mass is 106 g/mol. The van der Waals surface area contributed by atoms with E-state index in [1.165, 1.54) is 0 Å². The van der Waals surface area contributed by atoms with Crippen LogP contribution >= 0.6 is 0 Å². The van der Waals surface area contributed by atoms with Crippen LogP contribution in [0.1, 0.15) is 13.3 Å². The van der Waals surface area contributed by atoms with E-state index in [2.05, 4.69) is 12.8 Å². The van der Waals surface area contributed by atoms with Gasteiger partial charge in [0.25, 0.3) is 0 Å². The minimum Gasteiger partial charge on any atom is -0.115 e. The van der Waals surface area contributed by atoms with E-state index in [9.17, 15) is 0 Å². The first kappa shape index (κ1) is 7.04. The van der Waals surface area contributed by atoms with E-state index in [1.807, 2.05) is 18.2 Å². The fourth-order valence-electron chi connectivity index (χ4n) is 0.326. The maximum absolute atomic E-state index is 4.94. The molecule has 42 valence electrons. The second kappa shape index (κ2) is 6.04. The Balaban J connectivity index is 3.31. The largest absolute Gasteiger partial charge is 0.115 e. The molecule has 0 aromatic heterocycles. The highest BCUT2D eigenvalue weighted by atomic mass is 13.7. The fourth-order valence-corrected chi connectivity index (χ4v) is 0.326. The van der Waals surface area contributed by atoms with Gasteiger partial charge in [-0.1, -0.05) is 31.1 Å². The fraction of sp³-hybridized carbons (Fsp3) is 0.250. The van der Waals surface area contributed by atoms with Gasteiger partial charge in [-0.3, -0.25) is 0 Å². The molecular formula is C8H10. The Labute approximate surface area is 50.9 Å². The van der Waals surface area contributed by atoms with E-state index in [0.29, 0.717) is 0 Å². The Morgan fingerprint density at radius 3 is 2.75 bits per heavy atom. The smallest absolute Gasteiger partial charge is 0.0122 e. The van der Waals surface area contributed by atoms with Crippen molar-refractivity contribution in [1.29, 1.82) is 0 Å². The maximum Gasteiger partial charge on any atom is -0.0122 e. The molecule has 0 atom stereocenters. The molecule has 0 aliphatic heterocycles. The van der Waals surface area contributed by atoms with Crippen molar-refractivity contribution in [2.45, 2.75) is 13.3 Å². The van der Waals surface area contributed by atoms with Gasteiger partial charge in [-0.05, 0) is 12.5 Å². The minimum absolute atomic E-state index is 1.06. The van der Waals surface area contributed by atoms with Crippen LogP contribution in [-0.2, 0) is 0 Å². The zero-order valence-corrected chi connectivity index (χ0v) is 5.09. The Bertz CT molecular complexity index is 121. The van der Waals surface area contributed by atoms with E-state index >= 15 is 0 Å². The molecule has 0 spiro atoms. The van der Waals surface area contributed by atoms with E-state index in [4.69, 9.17) is 6.42 Å². The van der Waals surface area contributed by atoms with Crippen molar-refractivity contribution in [3.63, 3.8) is 0 Å². The lowest BCUT2D eigenvalue weighted by molar-refractivity contribution is 1.22. The van der Waals surface area contributed by atoms with Crippen LogP contribution in [0.4, 0.5) is 0 Å². The molecule has 0 aliphatic carbocycles. The highest BCUT2D eigenvalue weighted by Gasteiger charge is 1.59. The molecule has 0 N–H and O–H groups in total. The van der Waals surface area contributed by atoms with Gasteiger partial charge in [0, 0.05) is 0 Å². The van der Waals surface area contributed by atoms with Gasteiger partial charge in [0.1, 0.15) is 0 Å². The summed E-state index contributed by atoms with van der Waals surface area (Å²) in [6.07, 6.45) is 13.5. The van der Waals surface area contributed by atoms with Gasteiger partial charge in [-0.2, -0.15) is 0 Å². The van der Waals surface area contributed by atoms with E-state index in [-0.39, 0.29) is 0 Å². The van der Waals surface area contributed by atoms with Crippen LogP contribution in [0.3, 0.4) is 0 Å². The molecule has 0 saturated heterocycles. The topological polar surface area (TPSA) is 0 Å². The van der Waals surface area contributed by atoms with E-state index < -0.39 is 0 Å². The molecule has 0 radical (unpaired) electrons. The Hall–Kier alpha value is -0.960. The van der Waals surface area contributed by atoms with Gasteiger partial charge in [0.05, 0.1) is 0 Å². The molecule has 0 bridgehead atoms. The first-order valence-corrected chi connectivity index (χ1v) is 2.69. The molecule has 0 heteroatoms. The van der Waals surface area contributed by atoms with Gasteiger partial charge >= 0.3 is 0 Å². The van der Waals surface area contributed by atoms with Gasteiger partial charge in [0.2, 0.25) is 0 Å². The summed E-state index contributed by atoms with van der Waals surface area (Å²) >= 11 is 0. The van der Waals surface area contributed by atoms with Crippen LogP contribution in [0.2, 0.25) is 0 Å². The first-order chi connectivity index (χ1) is 3.91. The van der Waals surface area contributed by atoms with Crippen molar-refractivity contribution in [2.24, 2.45) is 0 Å². The summed E-state index contributed by atoms with van der Waals surface area (Å²) in [6, 6.07) is 0. The van der Waals surface area contributed by atoms with Crippen molar-refractivity contribution in [3.05, 3.63) is 24.3 Å². The van der Waals surface area contributed by atoms with Crippen LogP contribution in [0, 0.1) is 12.3 Å². The molecule has 0 nitrogen and oxygen atoms in total. The SMILES string of the molecule is C#CC=CC=CCC. The summed E-state index contributed by atoms with van der Waals surface area (Å²) in [5.74, 6) is 2.39. The summed E-state index contributed by atoms with van der Waals surface area (Å²) in [4.78, 5) is 0. The number of rotatable bonds is 2. The van der Waals surface area contributed by atoms with Crippen LogP contribution < -0.4 is 0 Å². The van der Waals surface area contributed by atoms with Crippen molar-refractivity contribution in [1.82, 2.24) is 0 Å². The maximum atomic E-state index is 4.94. The normalized spacial score (nSPS) is 10.5. The minimum atomic E-state index is 1.06. The summed E-state index contributed by atoms with van der Waals surface area (Å²) in [5.41, 5.74) is 0. The van der Waals surface area contributed by atoms with Crippen molar-refractivity contribution in [3.8, 4) is 12.3 Å². The summed E-state index contributed by atoms with van der Waals surface area (Å²) < 4.78 is 0. The Kier molecular flexibility index (Phi) is 5.32. The summed E-state index contributed by atoms with van der Waals surface area (Å²) in [5, 5.41) is 0. The predicted molar refractivity (Wildman–Crippen MR) is 37.4 cm³/mol. The number of hydrogen-bond donors (Lipinski definition) is 0. The number of hydrogen-bond acceptors (Lipinski definition) is 0. The average Bonchev–Trinajstić information content (AvgIpc) is 1.81. The number of allylic oxidation sites excluding steroid dienone is 4. The van der Waals surface area contributed by atoms with Crippen LogP contribution in [0.15, 0.2) is 24.3 Å². The average molecular weight is 106 g/mol. The molecule has 0 aromatic carbocycles. The third-order valence-electron chi connectivity index (χ3n) is 0.675. The Morgan fingerprint density at radius 1 is 1.50 bits per heavy atom. The summed E-state index contributed by atoms with van der Waals surface area (Å²) in [7, 11) is 0. The van der Waals surface area contributed by atoms with Gasteiger partial charge in [0.15, 0.2) is 0 Å². The molecule has 0 unspecified atom stereocenters. The second-order valence-corrected chi connectivity index (χ2v) is 1.36. The van der Waals surface area contributed by atoms with Crippen LogP contribution in [0.25, 0.3) is 0 Å². The lowest BCUT2D eigenvalue weighted by Crippen LogP contribution is -1.50. The van der Waals surface area contributed by atoms with Crippen molar-refractivity contribution >= 4 is 0 Å².